The number of allylic oxidation sites excluding steroid dienone is 2. The molecule has 0 bridgehead atoms. The first-order valence-corrected chi connectivity index (χ1v) is 14.2. The number of carbonyl (C=O) groups is 1. The second kappa shape index (κ2) is 14.9. The van der Waals surface area contributed by atoms with Gasteiger partial charge in [0.25, 0.3) is 0 Å². The summed E-state index contributed by atoms with van der Waals surface area (Å²) in [4.78, 5) is 13.7. The van der Waals surface area contributed by atoms with E-state index < -0.39 is 5.97 Å². The third-order valence-electron chi connectivity index (χ3n) is 7.33. The fourth-order valence-corrected chi connectivity index (χ4v) is 4.85. The van der Waals surface area contributed by atoms with Crippen LogP contribution in [-0.2, 0) is 22.7 Å². The third kappa shape index (κ3) is 8.22. The van der Waals surface area contributed by atoms with Crippen molar-refractivity contribution in [1.82, 2.24) is 0 Å². The van der Waals surface area contributed by atoms with Crippen LogP contribution in [0.3, 0.4) is 0 Å². The quantitative estimate of drug-likeness (QED) is 0.126. The monoisotopic (exact) mass is 537 g/mol. The van der Waals surface area contributed by atoms with Gasteiger partial charge in [0.05, 0.1) is 5.57 Å². The van der Waals surface area contributed by atoms with E-state index in [1.165, 1.54) is 47.4 Å². The molecule has 0 heterocycles. The van der Waals surface area contributed by atoms with Crippen molar-refractivity contribution in [2.75, 3.05) is 4.90 Å². The Hall–Kier alpha value is -4.05. The highest BCUT2D eigenvalue weighted by Gasteiger charge is 2.14. The van der Waals surface area contributed by atoms with Gasteiger partial charge in [0.15, 0.2) is 0 Å². The Labute approximate surface area is 240 Å². The molecular formula is C36H43NO3. The van der Waals surface area contributed by atoms with Crippen LogP contribution in [0.5, 0.6) is 0 Å². The van der Waals surface area contributed by atoms with Crippen molar-refractivity contribution in [2.45, 2.75) is 72.6 Å². The van der Waals surface area contributed by atoms with Crippen molar-refractivity contribution in [1.29, 1.82) is 0 Å². The molecule has 4 nitrogen and oxygen atoms in total. The van der Waals surface area contributed by atoms with Crippen LogP contribution in [0.15, 0.2) is 109 Å². The number of hydrogen-bond donors (Lipinski definition) is 1. The van der Waals surface area contributed by atoms with E-state index in [1.54, 1.807) is 6.08 Å². The zero-order valence-electron chi connectivity index (χ0n) is 24.6. The van der Waals surface area contributed by atoms with Gasteiger partial charge in [-0.05, 0) is 97.7 Å². The molecule has 0 aliphatic carbocycles. The van der Waals surface area contributed by atoms with E-state index in [1.807, 2.05) is 19.1 Å². The lowest BCUT2D eigenvalue weighted by molar-refractivity contribution is -0.132. The molecule has 0 aliphatic heterocycles. The molecule has 3 aromatic rings. The van der Waals surface area contributed by atoms with Crippen LogP contribution in [0.4, 0.5) is 5.69 Å². The number of benzene rings is 3. The summed E-state index contributed by atoms with van der Waals surface area (Å²) in [6.07, 6.45) is 6.87. The first kappa shape index (κ1) is 30.5. The molecule has 3 rings (SSSR count). The molecule has 0 aromatic heterocycles. The Kier molecular flexibility index (Phi) is 11.4. The highest BCUT2D eigenvalue weighted by Crippen LogP contribution is 2.28. The predicted molar refractivity (Wildman–Crippen MR) is 167 cm³/mol. The summed E-state index contributed by atoms with van der Waals surface area (Å²) in [5.74, 6) is 0.0882. The minimum Gasteiger partial charge on any atom is -0.489 e. The second-order valence-electron chi connectivity index (χ2n) is 10.3. The van der Waals surface area contributed by atoms with E-state index in [-0.39, 0.29) is 5.57 Å². The maximum absolute atomic E-state index is 11.2. The summed E-state index contributed by atoms with van der Waals surface area (Å²) >= 11 is 0. The lowest BCUT2D eigenvalue weighted by Crippen LogP contribution is -2.30. The fourth-order valence-electron chi connectivity index (χ4n) is 4.85. The Morgan fingerprint density at radius 2 is 1.62 bits per heavy atom. The molecule has 3 aromatic carbocycles. The maximum atomic E-state index is 11.2. The normalized spacial score (nSPS) is 12.1. The largest absolute Gasteiger partial charge is 0.489 e. The van der Waals surface area contributed by atoms with Crippen LogP contribution in [0.1, 0.15) is 70.1 Å². The van der Waals surface area contributed by atoms with Crippen LogP contribution in [0.2, 0.25) is 0 Å². The molecule has 0 amide bonds. The molecule has 0 saturated carbocycles. The van der Waals surface area contributed by atoms with E-state index in [0.717, 1.165) is 17.7 Å². The topological polar surface area (TPSA) is 49.8 Å². The highest BCUT2D eigenvalue weighted by atomic mass is 16.5. The van der Waals surface area contributed by atoms with Gasteiger partial charge in [-0.15, -0.1) is 0 Å². The van der Waals surface area contributed by atoms with Gasteiger partial charge in [-0.2, -0.15) is 0 Å². The van der Waals surface area contributed by atoms with E-state index in [2.05, 4.69) is 99.8 Å². The van der Waals surface area contributed by atoms with Crippen LogP contribution in [0, 0.1) is 0 Å². The van der Waals surface area contributed by atoms with Gasteiger partial charge in [0.2, 0.25) is 0 Å². The Bertz CT molecular complexity index is 1310. The van der Waals surface area contributed by atoms with E-state index in [9.17, 15) is 9.90 Å². The molecule has 0 radical (unpaired) electrons. The van der Waals surface area contributed by atoms with Crippen molar-refractivity contribution in [3.63, 3.8) is 0 Å². The zero-order chi connectivity index (χ0) is 29.1. The van der Waals surface area contributed by atoms with Crippen molar-refractivity contribution in [3.05, 3.63) is 126 Å². The molecule has 0 saturated heterocycles. The third-order valence-corrected chi connectivity index (χ3v) is 7.33. The van der Waals surface area contributed by atoms with Gasteiger partial charge in [0, 0.05) is 18.3 Å². The molecule has 210 valence electrons. The lowest BCUT2D eigenvalue weighted by atomic mass is 9.94. The molecule has 4 heteroatoms. The Morgan fingerprint density at radius 1 is 0.950 bits per heavy atom. The van der Waals surface area contributed by atoms with Gasteiger partial charge < -0.3 is 14.7 Å². The zero-order valence-corrected chi connectivity index (χ0v) is 24.6. The molecule has 40 heavy (non-hydrogen) atoms. The van der Waals surface area contributed by atoms with E-state index >= 15 is 0 Å². The van der Waals surface area contributed by atoms with Gasteiger partial charge in [0.1, 0.15) is 12.4 Å². The first-order valence-electron chi connectivity index (χ1n) is 14.2. The van der Waals surface area contributed by atoms with Gasteiger partial charge in [-0.3, -0.25) is 0 Å². The molecular weight excluding hydrogens is 494 g/mol. The van der Waals surface area contributed by atoms with Crippen molar-refractivity contribution >= 4 is 11.7 Å². The fraction of sp³-hybridized carbons (Fsp3) is 0.306. The standard InChI is InChI=1S/C36H43NO3/c1-7-29(8-2)31-18-20-34(21-19-31)37(26(5)6)24-28-12-11-13-33(22-28)32-16-14-27(15-17-32)25-40-35(10-4)23-30(9-3)36(38)39/h9-23,26,29H,3,7-8,24-25H2,1-2,4-6H3,(H,38,39)/b30-23+,35-10+. The Morgan fingerprint density at radius 3 is 2.17 bits per heavy atom. The smallest absolute Gasteiger partial charge is 0.335 e. The summed E-state index contributed by atoms with van der Waals surface area (Å²) in [5.41, 5.74) is 7.36. The van der Waals surface area contributed by atoms with Crippen molar-refractivity contribution < 1.29 is 14.6 Å². The van der Waals surface area contributed by atoms with Crippen LogP contribution >= 0.6 is 0 Å². The van der Waals surface area contributed by atoms with Crippen LogP contribution in [0.25, 0.3) is 11.1 Å². The number of carboxylic acid groups (broad SMARTS) is 1. The average molecular weight is 538 g/mol. The predicted octanol–water partition coefficient (Wildman–Crippen LogP) is 9.29. The summed E-state index contributed by atoms with van der Waals surface area (Å²) < 4.78 is 5.83. The lowest BCUT2D eigenvalue weighted by Gasteiger charge is -2.30. The van der Waals surface area contributed by atoms with Crippen LogP contribution < -0.4 is 4.90 Å². The SMILES string of the molecule is C=C/C(=C\C(=C/C)OCc1ccc(-c2cccc(CN(c3ccc(C(CC)CC)cc3)C(C)C)c2)cc1)C(=O)O. The van der Waals surface area contributed by atoms with Gasteiger partial charge >= 0.3 is 5.97 Å². The minimum atomic E-state index is -1.03. The number of aliphatic carboxylic acids is 1. The molecule has 0 spiro atoms. The Balaban J connectivity index is 1.71. The van der Waals surface area contributed by atoms with Crippen molar-refractivity contribution in [2.24, 2.45) is 0 Å². The highest BCUT2D eigenvalue weighted by molar-refractivity contribution is 5.90. The summed E-state index contributed by atoms with van der Waals surface area (Å²) in [7, 11) is 0. The summed E-state index contributed by atoms with van der Waals surface area (Å²) in [6.45, 7) is 15.6. The molecule has 0 atom stereocenters. The maximum Gasteiger partial charge on any atom is 0.335 e. The number of hydrogen-bond acceptors (Lipinski definition) is 3. The molecule has 0 fully saturated rings. The number of nitrogens with zero attached hydrogens (tertiary/aromatic N) is 1. The minimum absolute atomic E-state index is 0.0954. The number of rotatable bonds is 14. The number of ether oxygens (including phenoxy) is 1. The van der Waals surface area contributed by atoms with E-state index in [4.69, 9.17) is 4.74 Å². The van der Waals surface area contributed by atoms with Crippen molar-refractivity contribution in [3.8, 4) is 11.1 Å². The molecule has 1 N–H and O–H groups in total. The second-order valence-corrected chi connectivity index (χ2v) is 10.3. The van der Waals surface area contributed by atoms with E-state index in [0.29, 0.717) is 24.3 Å². The van der Waals surface area contributed by atoms with Gasteiger partial charge in [-0.25, -0.2) is 4.79 Å². The number of anilines is 1. The molecule has 0 aliphatic rings. The summed E-state index contributed by atoms with van der Waals surface area (Å²) in [5, 5.41) is 9.21. The average Bonchev–Trinajstić information content (AvgIpc) is 2.97. The number of carboxylic acids is 1. The summed E-state index contributed by atoms with van der Waals surface area (Å²) in [6, 6.07) is 26.5. The van der Waals surface area contributed by atoms with Crippen LogP contribution in [-0.4, -0.2) is 17.1 Å². The first-order chi connectivity index (χ1) is 19.3. The molecule has 0 unspecified atom stereocenters. The van der Waals surface area contributed by atoms with Gasteiger partial charge in [-0.1, -0.05) is 81.1 Å².